The molecule has 1 N–H and O–H groups in total. The first-order valence-corrected chi connectivity index (χ1v) is 11.9. The highest BCUT2D eigenvalue weighted by atomic mass is 32.2. The molecule has 6 heteroatoms. The minimum Gasteiger partial charge on any atom is -0.360 e. The maximum absolute atomic E-state index is 13.9. The van der Waals surface area contributed by atoms with Crippen LogP contribution in [-0.4, -0.2) is 20.3 Å². The molecular formula is C27H23N3O2S. The Bertz CT molecular complexity index is 1500. The summed E-state index contributed by atoms with van der Waals surface area (Å²) in [6, 6.07) is 24.9. The molecule has 5 rings (SSSR count). The van der Waals surface area contributed by atoms with E-state index in [4.69, 9.17) is 4.98 Å². The Balaban J connectivity index is 1.65. The molecule has 2 heterocycles. The van der Waals surface area contributed by atoms with Crippen LogP contribution >= 0.6 is 11.8 Å². The van der Waals surface area contributed by atoms with E-state index in [2.05, 4.69) is 4.98 Å². The Labute approximate surface area is 195 Å². The predicted octanol–water partition coefficient (Wildman–Crippen LogP) is 6.00. The fraction of sp³-hybridized carbons (Fsp3) is 0.148. The lowest BCUT2D eigenvalue weighted by Crippen LogP contribution is -2.24. The molecule has 33 heavy (non-hydrogen) atoms. The van der Waals surface area contributed by atoms with E-state index >= 15 is 0 Å². The Morgan fingerprint density at radius 3 is 2.45 bits per heavy atom. The van der Waals surface area contributed by atoms with Gasteiger partial charge in [0.15, 0.2) is 10.9 Å². The number of H-pyrrole nitrogens is 1. The number of nitrogens with zero attached hydrogens (tertiary/aromatic N) is 2. The standard InChI is InChI=1S/C27H23N3O2S/c1-2-16-30-26(32)20-13-7-9-15-23(20)29-27(30)33-25(18-10-4-3-5-11-18)24(31)21-17-28-22-14-8-6-12-19(21)22/h3-15,17,25,28H,2,16H2,1H3/t25-/m0/s1. The smallest absolute Gasteiger partial charge is 0.262 e. The summed E-state index contributed by atoms with van der Waals surface area (Å²) in [6.07, 6.45) is 2.57. The van der Waals surface area contributed by atoms with Gasteiger partial charge in [-0.1, -0.05) is 79.3 Å². The summed E-state index contributed by atoms with van der Waals surface area (Å²) in [6.45, 7) is 2.57. The number of nitrogens with one attached hydrogen (secondary N) is 1. The molecule has 164 valence electrons. The fourth-order valence-corrected chi connectivity index (χ4v) is 5.27. The molecule has 0 spiro atoms. The minimum atomic E-state index is -0.540. The molecular weight excluding hydrogens is 430 g/mol. The quantitative estimate of drug-likeness (QED) is 0.186. The lowest BCUT2D eigenvalue weighted by Gasteiger charge is -2.18. The van der Waals surface area contributed by atoms with Crippen LogP contribution in [-0.2, 0) is 6.54 Å². The molecule has 0 amide bonds. The van der Waals surface area contributed by atoms with Gasteiger partial charge in [-0.3, -0.25) is 14.2 Å². The van der Waals surface area contributed by atoms with Gasteiger partial charge in [-0.15, -0.1) is 0 Å². The van der Waals surface area contributed by atoms with Crippen molar-refractivity contribution < 1.29 is 4.79 Å². The van der Waals surface area contributed by atoms with Gasteiger partial charge in [0, 0.05) is 29.2 Å². The number of hydrogen-bond acceptors (Lipinski definition) is 4. The number of hydrogen-bond donors (Lipinski definition) is 1. The third kappa shape index (κ3) is 3.98. The molecule has 0 aliphatic rings. The van der Waals surface area contributed by atoms with E-state index in [1.807, 2.05) is 79.7 Å². The topological polar surface area (TPSA) is 67.8 Å². The van der Waals surface area contributed by atoms with Crippen molar-refractivity contribution in [2.45, 2.75) is 30.3 Å². The van der Waals surface area contributed by atoms with Crippen LogP contribution < -0.4 is 5.56 Å². The average molecular weight is 454 g/mol. The van der Waals surface area contributed by atoms with Gasteiger partial charge in [0.2, 0.25) is 0 Å². The number of aromatic nitrogens is 3. The SMILES string of the molecule is CCCn1c(S[C@H](C(=O)c2c[nH]c3ccccc23)c2ccccc2)nc2ccccc2c1=O. The maximum atomic E-state index is 13.9. The third-order valence-corrected chi connectivity index (χ3v) is 6.94. The van der Waals surface area contributed by atoms with Gasteiger partial charge in [-0.2, -0.15) is 0 Å². The number of carbonyl (C=O) groups is 1. The maximum Gasteiger partial charge on any atom is 0.262 e. The molecule has 5 nitrogen and oxygen atoms in total. The molecule has 0 unspecified atom stereocenters. The van der Waals surface area contributed by atoms with Gasteiger partial charge >= 0.3 is 0 Å². The first kappa shape index (κ1) is 21.2. The molecule has 0 saturated carbocycles. The number of carbonyl (C=O) groups excluding carboxylic acids is 1. The number of rotatable bonds is 7. The monoisotopic (exact) mass is 453 g/mol. The summed E-state index contributed by atoms with van der Waals surface area (Å²) in [4.78, 5) is 35.2. The molecule has 0 saturated heterocycles. The van der Waals surface area contributed by atoms with E-state index in [1.165, 1.54) is 11.8 Å². The summed E-state index contributed by atoms with van der Waals surface area (Å²) in [5, 5.41) is 1.50. The van der Waals surface area contributed by atoms with Crippen LogP contribution in [0.5, 0.6) is 0 Å². The lowest BCUT2D eigenvalue weighted by molar-refractivity contribution is 0.0991. The van der Waals surface area contributed by atoms with Crippen LogP contribution in [0, 0.1) is 0 Å². The second kappa shape index (κ2) is 9.08. The average Bonchev–Trinajstić information content (AvgIpc) is 3.29. The second-order valence-corrected chi connectivity index (χ2v) is 8.96. The molecule has 3 aromatic carbocycles. The molecule has 2 aromatic heterocycles. The highest BCUT2D eigenvalue weighted by molar-refractivity contribution is 8.00. The zero-order valence-electron chi connectivity index (χ0n) is 18.2. The highest BCUT2D eigenvalue weighted by Crippen LogP contribution is 2.38. The van der Waals surface area contributed by atoms with Crippen LogP contribution in [0.25, 0.3) is 21.8 Å². The number of aromatic amines is 1. The van der Waals surface area contributed by atoms with E-state index in [9.17, 15) is 9.59 Å². The van der Waals surface area contributed by atoms with Crippen LogP contribution in [0.1, 0.15) is 34.5 Å². The van der Waals surface area contributed by atoms with Gasteiger partial charge in [0.1, 0.15) is 5.25 Å². The Hall–Kier alpha value is -3.64. The third-order valence-electron chi connectivity index (χ3n) is 5.69. The van der Waals surface area contributed by atoms with Gasteiger partial charge in [-0.05, 0) is 30.2 Å². The minimum absolute atomic E-state index is 0.0193. The summed E-state index contributed by atoms with van der Waals surface area (Å²) >= 11 is 1.34. The van der Waals surface area contributed by atoms with Gasteiger partial charge in [-0.25, -0.2) is 4.98 Å². The molecule has 1 atom stereocenters. The predicted molar refractivity (Wildman–Crippen MR) is 134 cm³/mol. The Morgan fingerprint density at radius 2 is 1.67 bits per heavy atom. The number of thioether (sulfide) groups is 1. The number of benzene rings is 3. The van der Waals surface area contributed by atoms with Crippen LogP contribution in [0.4, 0.5) is 0 Å². The largest absolute Gasteiger partial charge is 0.360 e. The van der Waals surface area contributed by atoms with Crippen molar-refractivity contribution >= 4 is 39.4 Å². The number of ketones is 1. The number of fused-ring (bicyclic) bond motifs is 2. The Kier molecular flexibility index (Phi) is 5.84. The van der Waals surface area contributed by atoms with E-state index in [0.29, 0.717) is 28.2 Å². The zero-order chi connectivity index (χ0) is 22.8. The first-order valence-electron chi connectivity index (χ1n) is 11.0. The van der Waals surface area contributed by atoms with Crippen molar-refractivity contribution in [2.24, 2.45) is 0 Å². The van der Waals surface area contributed by atoms with E-state index in [0.717, 1.165) is 22.9 Å². The Morgan fingerprint density at radius 1 is 0.970 bits per heavy atom. The summed E-state index contributed by atoms with van der Waals surface area (Å²) in [7, 11) is 0. The van der Waals surface area contributed by atoms with E-state index < -0.39 is 5.25 Å². The van der Waals surface area contributed by atoms with Gasteiger partial charge in [0.05, 0.1) is 10.9 Å². The summed E-state index contributed by atoms with van der Waals surface area (Å²) in [5.41, 5.74) is 3.00. The summed E-state index contributed by atoms with van der Waals surface area (Å²) < 4.78 is 1.70. The van der Waals surface area contributed by atoms with Crippen LogP contribution in [0.15, 0.2) is 95.0 Å². The lowest BCUT2D eigenvalue weighted by atomic mass is 10.0. The molecule has 5 aromatic rings. The molecule has 0 bridgehead atoms. The van der Waals surface area contributed by atoms with Crippen molar-refractivity contribution in [3.63, 3.8) is 0 Å². The van der Waals surface area contributed by atoms with E-state index in [-0.39, 0.29) is 11.3 Å². The fourth-order valence-electron chi connectivity index (χ4n) is 4.08. The number of para-hydroxylation sites is 2. The van der Waals surface area contributed by atoms with Crippen molar-refractivity contribution in [3.05, 3.63) is 107 Å². The molecule has 0 aliphatic heterocycles. The first-order chi connectivity index (χ1) is 16.2. The molecule has 0 radical (unpaired) electrons. The van der Waals surface area contributed by atoms with Crippen molar-refractivity contribution in [1.82, 2.24) is 14.5 Å². The second-order valence-electron chi connectivity index (χ2n) is 7.89. The van der Waals surface area contributed by atoms with Crippen LogP contribution in [0.3, 0.4) is 0 Å². The van der Waals surface area contributed by atoms with Gasteiger partial charge in [0.25, 0.3) is 5.56 Å². The van der Waals surface area contributed by atoms with Crippen LogP contribution in [0.2, 0.25) is 0 Å². The van der Waals surface area contributed by atoms with Gasteiger partial charge < -0.3 is 4.98 Å². The molecule has 0 fully saturated rings. The van der Waals surface area contributed by atoms with Crippen molar-refractivity contribution in [2.75, 3.05) is 0 Å². The summed E-state index contributed by atoms with van der Waals surface area (Å²) in [5.74, 6) is -0.0193. The van der Waals surface area contributed by atoms with E-state index in [1.54, 1.807) is 16.8 Å². The highest BCUT2D eigenvalue weighted by Gasteiger charge is 2.27. The zero-order valence-corrected chi connectivity index (χ0v) is 19.0. The molecule has 0 aliphatic carbocycles. The van der Waals surface area contributed by atoms with Crippen molar-refractivity contribution in [1.29, 1.82) is 0 Å². The number of Topliss-reactive ketones (excluding diaryl/α,β-unsaturated/α-hetero) is 1. The van der Waals surface area contributed by atoms with Crippen molar-refractivity contribution in [3.8, 4) is 0 Å². The normalized spacial score (nSPS) is 12.3.